The lowest BCUT2D eigenvalue weighted by molar-refractivity contribution is -0.187. The summed E-state index contributed by atoms with van der Waals surface area (Å²) in [5.74, 6) is 0. The van der Waals surface area contributed by atoms with Crippen molar-refractivity contribution in [2.45, 2.75) is 37.8 Å². The molecule has 0 saturated carbocycles. The average molecular weight is 162 g/mol. The van der Waals surface area contributed by atoms with Gasteiger partial charge in [-0.05, 0) is 6.42 Å². The van der Waals surface area contributed by atoms with Crippen LogP contribution in [-0.2, 0) is 4.74 Å². The summed E-state index contributed by atoms with van der Waals surface area (Å²) in [5, 5.41) is 27.5. The molecule has 3 N–H and O–H groups in total. The molecule has 0 aromatic rings. The average Bonchev–Trinajstić information content (AvgIpc) is 2.01. The maximum atomic E-state index is 9.27. The number of ether oxygens (including phenoxy) is 1. The first-order valence-corrected chi connectivity index (χ1v) is 3.82. The molecule has 0 unspecified atom stereocenters. The zero-order chi connectivity index (χ0) is 8.43. The Morgan fingerprint density at radius 1 is 1.27 bits per heavy atom. The van der Waals surface area contributed by atoms with E-state index in [9.17, 15) is 5.11 Å². The third kappa shape index (κ3) is 1.70. The van der Waals surface area contributed by atoms with E-state index >= 15 is 0 Å². The molecule has 1 heterocycles. The van der Waals surface area contributed by atoms with Gasteiger partial charge in [0.25, 0.3) is 0 Å². The molecule has 11 heavy (non-hydrogen) atoms. The highest BCUT2D eigenvalue weighted by Crippen LogP contribution is 2.17. The third-order valence-electron chi connectivity index (χ3n) is 2.01. The molecule has 1 fully saturated rings. The second-order valence-electron chi connectivity index (χ2n) is 2.83. The largest absolute Gasteiger partial charge is 0.388 e. The maximum Gasteiger partial charge on any atom is 0.111 e. The van der Waals surface area contributed by atoms with Crippen molar-refractivity contribution in [3.63, 3.8) is 0 Å². The molecule has 1 saturated heterocycles. The lowest BCUT2D eigenvalue weighted by Gasteiger charge is -2.34. The Balaban J connectivity index is 2.52. The standard InChI is InChI=1S/C7H14O4/c1-2-5-7(10)6(9)4(8)3-11-5/h4-10H,2-3H2,1H3/t4-,5+,6+,7+/m0/s1. The highest BCUT2D eigenvalue weighted by Gasteiger charge is 2.36. The van der Waals surface area contributed by atoms with Crippen LogP contribution in [0.5, 0.6) is 0 Å². The number of rotatable bonds is 1. The Bertz CT molecular complexity index is 126. The van der Waals surface area contributed by atoms with Gasteiger partial charge < -0.3 is 20.1 Å². The van der Waals surface area contributed by atoms with Gasteiger partial charge in [0, 0.05) is 0 Å². The van der Waals surface area contributed by atoms with Crippen LogP contribution in [0.1, 0.15) is 13.3 Å². The van der Waals surface area contributed by atoms with Gasteiger partial charge in [0.2, 0.25) is 0 Å². The van der Waals surface area contributed by atoms with E-state index < -0.39 is 18.3 Å². The van der Waals surface area contributed by atoms with Gasteiger partial charge in [0.15, 0.2) is 0 Å². The van der Waals surface area contributed by atoms with E-state index in [2.05, 4.69) is 0 Å². The maximum absolute atomic E-state index is 9.27. The molecular weight excluding hydrogens is 148 g/mol. The molecule has 4 heteroatoms. The molecule has 0 aliphatic carbocycles. The zero-order valence-electron chi connectivity index (χ0n) is 6.47. The summed E-state index contributed by atoms with van der Waals surface area (Å²) < 4.78 is 5.06. The Labute approximate surface area is 65.4 Å². The molecule has 0 bridgehead atoms. The van der Waals surface area contributed by atoms with Crippen LogP contribution in [0.25, 0.3) is 0 Å². The number of aliphatic hydroxyl groups is 3. The van der Waals surface area contributed by atoms with Crippen LogP contribution in [0.3, 0.4) is 0 Å². The van der Waals surface area contributed by atoms with Crippen molar-refractivity contribution in [2.75, 3.05) is 6.61 Å². The normalized spacial score (nSPS) is 45.8. The van der Waals surface area contributed by atoms with Gasteiger partial charge in [-0.15, -0.1) is 0 Å². The highest BCUT2D eigenvalue weighted by atomic mass is 16.5. The van der Waals surface area contributed by atoms with E-state index in [0.717, 1.165) is 0 Å². The number of hydrogen-bond donors (Lipinski definition) is 3. The molecule has 0 radical (unpaired) electrons. The van der Waals surface area contributed by atoms with Gasteiger partial charge in [-0.3, -0.25) is 0 Å². The van der Waals surface area contributed by atoms with Crippen LogP contribution in [0, 0.1) is 0 Å². The summed E-state index contributed by atoms with van der Waals surface area (Å²) in [4.78, 5) is 0. The quantitative estimate of drug-likeness (QED) is 0.456. The molecule has 0 aromatic heterocycles. The third-order valence-corrected chi connectivity index (χ3v) is 2.01. The predicted molar refractivity (Wildman–Crippen MR) is 38.1 cm³/mol. The van der Waals surface area contributed by atoms with Crippen LogP contribution < -0.4 is 0 Å². The monoisotopic (exact) mass is 162 g/mol. The lowest BCUT2D eigenvalue weighted by atomic mass is 9.99. The van der Waals surface area contributed by atoms with Gasteiger partial charge in [-0.25, -0.2) is 0 Å². The van der Waals surface area contributed by atoms with E-state index in [4.69, 9.17) is 14.9 Å². The fourth-order valence-electron chi connectivity index (χ4n) is 1.23. The summed E-state index contributed by atoms with van der Waals surface area (Å²) in [6.45, 7) is 1.97. The van der Waals surface area contributed by atoms with Crippen molar-refractivity contribution in [1.29, 1.82) is 0 Å². The Morgan fingerprint density at radius 3 is 2.45 bits per heavy atom. The Morgan fingerprint density at radius 2 is 1.91 bits per heavy atom. The van der Waals surface area contributed by atoms with Gasteiger partial charge in [0.1, 0.15) is 18.3 Å². The lowest BCUT2D eigenvalue weighted by Crippen LogP contribution is -2.52. The summed E-state index contributed by atoms with van der Waals surface area (Å²) in [5.41, 5.74) is 0. The second kappa shape index (κ2) is 3.49. The molecule has 0 aromatic carbocycles. The molecule has 1 aliphatic rings. The topological polar surface area (TPSA) is 69.9 Å². The van der Waals surface area contributed by atoms with E-state index in [-0.39, 0.29) is 12.7 Å². The SMILES string of the molecule is CC[C@H]1OC[C@H](O)[C@@H](O)[C@@H]1O. The molecule has 1 aliphatic heterocycles. The molecule has 0 spiro atoms. The second-order valence-corrected chi connectivity index (χ2v) is 2.83. The van der Waals surface area contributed by atoms with Crippen LogP contribution in [0.15, 0.2) is 0 Å². The van der Waals surface area contributed by atoms with Crippen molar-refractivity contribution in [1.82, 2.24) is 0 Å². The van der Waals surface area contributed by atoms with Crippen LogP contribution >= 0.6 is 0 Å². The van der Waals surface area contributed by atoms with Crippen molar-refractivity contribution in [3.8, 4) is 0 Å². The Hall–Kier alpha value is -0.160. The summed E-state index contributed by atoms with van der Waals surface area (Å²) in [6, 6.07) is 0. The summed E-state index contributed by atoms with van der Waals surface area (Å²) in [6.07, 6.45) is -2.66. The van der Waals surface area contributed by atoms with Crippen molar-refractivity contribution >= 4 is 0 Å². The molecule has 0 amide bonds. The van der Waals surface area contributed by atoms with Crippen LogP contribution in [0.2, 0.25) is 0 Å². The fraction of sp³-hybridized carbons (Fsp3) is 1.00. The smallest absolute Gasteiger partial charge is 0.111 e. The van der Waals surface area contributed by atoms with Gasteiger partial charge in [-0.2, -0.15) is 0 Å². The molecular formula is C7H14O4. The van der Waals surface area contributed by atoms with Crippen LogP contribution in [-0.4, -0.2) is 46.3 Å². The zero-order valence-corrected chi connectivity index (χ0v) is 6.47. The summed E-state index contributed by atoms with van der Waals surface area (Å²) >= 11 is 0. The van der Waals surface area contributed by atoms with E-state index in [1.807, 2.05) is 6.92 Å². The highest BCUT2D eigenvalue weighted by molar-refractivity contribution is 4.85. The number of hydrogen-bond acceptors (Lipinski definition) is 4. The van der Waals surface area contributed by atoms with E-state index in [1.165, 1.54) is 0 Å². The van der Waals surface area contributed by atoms with Crippen molar-refractivity contribution in [3.05, 3.63) is 0 Å². The van der Waals surface area contributed by atoms with Crippen LogP contribution in [0.4, 0.5) is 0 Å². The minimum absolute atomic E-state index is 0.108. The first-order chi connectivity index (χ1) is 5.16. The molecule has 1 rings (SSSR count). The van der Waals surface area contributed by atoms with Gasteiger partial charge >= 0.3 is 0 Å². The first kappa shape index (κ1) is 8.93. The molecule has 4 nitrogen and oxygen atoms in total. The first-order valence-electron chi connectivity index (χ1n) is 3.82. The minimum atomic E-state index is -1.06. The molecule has 4 atom stereocenters. The Kier molecular flexibility index (Phi) is 2.84. The minimum Gasteiger partial charge on any atom is -0.388 e. The van der Waals surface area contributed by atoms with Gasteiger partial charge in [0.05, 0.1) is 12.7 Å². The number of aliphatic hydroxyl groups excluding tert-OH is 3. The van der Waals surface area contributed by atoms with Gasteiger partial charge in [-0.1, -0.05) is 6.92 Å². The van der Waals surface area contributed by atoms with E-state index in [0.29, 0.717) is 6.42 Å². The van der Waals surface area contributed by atoms with E-state index in [1.54, 1.807) is 0 Å². The molecule has 66 valence electrons. The predicted octanol–water partition coefficient (Wildman–Crippen LogP) is -1.12. The summed E-state index contributed by atoms with van der Waals surface area (Å²) in [7, 11) is 0. The van der Waals surface area contributed by atoms with Crippen molar-refractivity contribution in [2.24, 2.45) is 0 Å². The van der Waals surface area contributed by atoms with Crippen molar-refractivity contribution < 1.29 is 20.1 Å². The fourth-order valence-corrected chi connectivity index (χ4v) is 1.23.